The summed E-state index contributed by atoms with van der Waals surface area (Å²) in [6.45, 7) is 0.117. The number of carboxylic acid groups (broad SMARTS) is 1. The van der Waals surface area contributed by atoms with E-state index in [4.69, 9.17) is 16.6 Å². The summed E-state index contributed by atoms with van der Waals surface area (Å²) >= 11 is 6.36. The van der Waals surface area contributed by atoms with Gasteiger partial charge >= 0.3 is 0 Å². The van der Waals surface area contributed by atoms with Crippen LogP contribution in [0.4, 0.5) is 5.69 Å². The Bertz CT molecular complexity index is 937. The second-order valence-electron chi connectivity index (χ2n) is 5.52. The minimum absolute atomic E-state index is 0.00994. The molecule has 0 bridgehead atoms. The van der Waals surface area contributed by atoms with Gasteiger partial charge in [0.25, 0.3) is 5.91 Å². The van der Waals surface area contributed by atoms with Crippen LogP contribution >= 0.6 is 24.0 Å². The first-order chi connectivity index (χ1) is 12.9. The topological polar surface area (TPSA) is 103 Å². The number of nitrogens with zero attached hydrogens (tertiary/aromatic N) is 1. The van der Waals surface area contributed by atoms with Gasteiger partial charge in [-0.2, -0.15) is 0 Å². The van der Waals surface area contributed by atoms with Crippen LogP contribution in [-0.4, -0.2) is 33.5 Å². The molecule has 0 atom stereocenters. The molecule has 0 aliphatic carbocycles. The molecule has 0 spiro atoms. The van der Waals surface area contributed by atoms with Crippen LogP contribution < -0.4 is 10.4 Å². The van der Waals surface area contributed by atoms with E-state index in [1.54, 1.807) is 24.3 Å². The zero-order valence-electron chi connectivity index (χ0n) is 13.8. The molecule has 2 aromatic rings. The highest BCUT2D eigenvalue weighted by molar-refractivity contribution is 8.26. The molecule has 27 heavy (non-hydrogen) atoms. The minimum Gasteiger partial charge on any atom is -0.545 e. The summed E-state index contributed by atoms with van der Waals surface area (Å²) in [5.41, 5.74) is 0.303. The molecule has 2 amide bonds. The van der Waals surface area contributed by atoms with Crippen LogP contribution in [0.1, 0.15) is 22.5 Å². The van der Waals surface area contributed by atoms with Gasteiger partial charge in [-0.3, -0.25) is 14.5 Å². The maximum Gasteiger partial charge on any atom is 0.266 e. The SMILES string of the molecule is O=C(CCN1C(=O)/C(=C\c2ccco2)SC1=S)Nc1cccc(C(=O)[O-])c1. The average Bonchev–Trinajstić information content (AvgIpc) is 3.23. The third-order valence-corrected chi connectivity index (χ3v) is 5.01. The fraction of sp³-hybridized carbons (Fsp3) is 0.111. The summed E-state index contributed by atoms with van der Waals surface area (Å²) in [6.07, 6.45) is 3.12. The van der Waals surface area contributed by atoms with Crippen LogP contribution in [0.15, 0.2) is 52.0 Å². The number of benzene rings is 1. The molecular weight excluding hydrogens is 388 g/mol. The molecule has 1 aromatic heterocycles. The van der Waals surface area contributed by atoms with Crippen LogP contribution in [0, 0.1) is 0 Å². The zero-order chi connectivity index (χ0) is 19.4. The maximum absolute atomic E-state index is 12.4. The number of carboxylic acids is 1. The number of hydrogen-bond acceptors (Lipinski definition) is 7. The number of thiocarbonyl (C=S) groups is 1. The van der Waals surface area contributed by atoms with E-state index in [-0.39, 0.29) is 30.3 Å². The number of amides is 2. The van der Waals surface area contributed by atoms with Gasteiger partial charge in [-0.05, 0) is 29.8 Å². The van der Waals surface area contributed by atoms with Gasteiger partial charge in [0.15, 0.2) is 0 Å². The van der Waals surface area contributed by atoms with Crippen molar-refractivity contribution < 1.29 is 23.9 Å². The number of carbonyl (C=O) groups excluding carboxylic acids is 3. The summed E-state index contributed by atoms with van der Waals surface area (Å²) in [7, 11) is 0. The predicted octanol–water partition coefficient (Wildman–Crippen LogP) is 1.87. The number of nitrogens with one attached hydrogen (secondary N) is 1. The summed E-state index contributed by atoms with van der Waals surface area (Å²) in [5, 5.41) is 13.4. The lowest BCUT2D eigenvalue weighted by Crippen LogP contribution is -2.31. The highest BCUT2D eigenvalue weighted by atomic mass is 32.2. The van der Waals surface area contributed by atoms with E-state index in [0.717, 1.165) is 11.8 Å². The van der Waals surface area contributed by atoms with Crippen LogP contribution in [0.25, 0.3) is 6.08 Å². The standard InChI is InChI=1S/C18H14N2O5S2/c21-15(19-12-4-1-3-11(9-12)17(23)24)6-7-20-16(22)14(27-18(20)26)10-13-5-2-8-25-13/h1-5,8-10H,6-7H2,(H,19,21)(H,23,24)/p-1/b14-10+. The van der Waals surface area contributed by atoms with Crippen molar-refractivity contribution in [2.24, 2.45) is 0 Å². The average molecular weight is 401 g/mol. The predicted molar refractivity (Wildman–Crippen MR) is 103 cm³/mol. The van der Waals surface area contributed by atoms with Crippen LogP contribution in [0.5, 0.6) is 0 Å². The smallest absolute Gasteiger partial charge is 0.266 e. The molecule has 0 radical (unpaired) electrons. The van der Waals surface area contributed by atoms with E-state index in [9.17, 15) is 19.5 Å². The Morgan fingerprint density at radius 3 is 2.81 bits per heavy atom. The summed E-state index contributed by atoms with van der Waals surface area (Å²) in [6, 6.07) is 9.18. The van der Waals surface area contributed by atoms with Gasteiger partial charge < -0.3 is 19.6 Å². The van der Waals surface area contributed by atoms with Gasteiger partial charge in [0.2, 0.25) is 5.91 Å². The molecule has 1 N–H and O–H groups in total. The van der Waals surface area contributed by atoms with E-state index in [0.29, 0.717) is 20.7 Å². The Balaban J connectivity index is 1.59. The minimum atomic E-state index is -1.33. The number of rotatable bonds is 6. The first-order valence-corrected chi connectivity index (χ1v) is 9.06. The Kier molecular flexibility index (Phi) is 5.72. The van der Waals surface area contributed by atoms with Crippen molar-refractivity contribution in [2.45, 2.75) is 6.42 Å². The van der Waals surface area contributed by atoms with E-state index in [1.165, 1.54) is 29.4 Å². The molecule has 1 aliphatic rings. The highest BCUT2D eigenvalue weighted by Crippen LogP contribution is 2.32. The van der Waals surface area contributed by atoms with E-state index < -0.39 is 5.97 Å². The second-order valence-corrected chi connectivity index (χ2v) is 7.19. The number of furan rings is 1. The molecular formula is C18H13N2O5S2-. The maximum atomic E-state index is 12.4. The number of aromatic carboxylic acids is 1. The molecule has 0 saturated carbocycles. The van der Waals surface area contributed by atoms with Crippen LogP contribution in [-0.2, 0) is 9.59 Å². The first-order valence-electron chi connectivity index (χ1n) is 7.84. The molecule has 2 heterocycles. The fourth-order valence-electron chi connectivity index (χ4n) is 2.36. The van der Waals surface area contributed by atoms with Crippen molar-refractivity contribution in [1.82, 2.24) is 4.90 Å². The third-order valence-electron chi connectivity index (χ3n) is 3.63. The Morgan fingerprint density at radius 1 is 1.30 bits per heavy atom. The first kappa shape index (κ1) is 18.9. The van der Waals surface area contributed by atoms with Gasteiger partial charge in [-0.15, -0.1) is 0 Å². The molecule has 3 rings (SSSR count). The fourth-order valence-corrected chi connectivity index (χ4v) is 3.64. The second kappa shape index (κ2) is 8.19. The molecule has 0 unspecified atom stereocenters. The summed E-state index contributed by atoms with van der Waals surface area (Å²) < 4.78 is 5.56. The van der Waals surface area contributed by atoms with Gasteiger partial charge in [-0.1, -0.05) is 36.1 Å². The van der Waals surface area contributed by atoms with Gasteiger partial charge in [-0.25, -0.2) is 0 Å². The van der Waals surface area contributed by atoms with Gasteiger partial charge in [0, 0.05) is 24.7 Å². The Labute approximate surface area is 164 Å². The molecule has 9 heteroatoms. The van der Waals surface area contributed by atoms with Crippen LogP contribution in [0.2, 0.25) is 0 Å². The van der Waals surface area contributed by atoms with Crippen molar-refractivity contribution in [2.75, 3.05) is 11.9 Å². The number of carbonyl (C=O) groups is 3. The quantitative estimate of drug-likeness (QED) is 0.582. The Hall–Kier alpha value is -2.91. The lowest BCUT2D eigenvalue weighted by molar-refractivity contribution is -0.255. The van der Waals surface area contributed by atoms with Gasteiger partial charge in [0.1, 0.15) is 10.1 Å². The monoisotopic (exact) mass is 401 g/mol. The van der Waals surface area contributed by atoms with Crippen molar-refractivity contribution in [3.8, 4) is 0 Å². The number of anilines is 1. The van der Waals surface area contributed by atoms with E-state index in [1.807, 2.05) is 0 Å². The zero-order valence-corrected chi connectivity index (χ0v) is 15.5. The molecule has 1 aliphatic heterocycles. The van der Waals surface area contributed by atoms with Gasteiger partial charge in [0.05, 0.1) is 17.1 Å². The lowest BCUT2D eigenvalue weighted by Gasteiger charge is -2.14. The highest BCUT2D eigenvalue weighted by Gasteiger charge is 2.32. The van der Waals surface area contributed by atoms with E-state index in [2.05, 4.69) is 5.32 Å². The van der Waals surface area contributed by atoms with Crippen molar-refractivity contribution >= 4 is 57.8 Å². The van der Waals surface area contributed by atoms with Crippen molar-refractivity contribution in [3.63, 3.8) is 0 Å². The van der Waals surface area contributed by atoms with Crippen molar-refractivity contribution in [3.05, 3.63) is 58.9 Å². The molecule has 7 nitrogen and oxygen atoms in total. The molecule has 1 aromatic carbocycles. The molecule has 138 valence electrons. The third kappa shape index (κ3) is 4.63. The number of thioether (sulfide) groups is 1. The van der Waals surface area contributed by atoms with Crippen molar-refractivity contribution in [1.29, 1.82) is 0 Å². The summed E-state index contributed by atoms with van der Waals surface area (Å²) in [4.78, 5) is 37.2. The van der Waals surface area contributed by atoms with Crippen LogP contribution in [0.3, 0.4) is 0 Å². The lowest BCUT2D eigenvalue weighted by atomic mass is 10.2. The molecule has 1 fully saturated rings. The number of hydrogen-bond donors (Lipinski definition) is 1. The Morgan fingerprint density at radius 2 is 2.11 bits per heavy atom. The normalized spacial score (nSPS) is 15.4. The largest absolute Gasteiger partial charge is 0.545 e. The molecule has 1 saturated heterocycles. The van der Waals surface area contributed by atoms with E-state index >= 15 is 0 Å². The summed E-state index contributed by atoms with van der Waals surface area (Å²) in [5.74, 6) is -1.43.